The number of hydrogen-bond donors (Lipinski definition) is 2. The van der Waals surface area contributed by atoms with Gasteiger partial charge in [0.25, 0.3) is 0 Å². The maximum absolute atomic E-state index is 11.1. The molecule has 0 aliphatic heterocycles. The summed E-state index contributed by atoms with van der Waals surface area (Å²) in [5.41, 5.74) is 2.65. The summed E-state index contributed by atoms with van der Waals surface area (Å²) in [7, 11) is 0. The van der Waals surface area contributed by atoms with E-state index in [1.807, 2.05) is 0 Å². The van der Waals surface area contributed by atoms with Gasteiger partial charge in [-0.2, -0.15) is 4.98 Å². The van der Waals surface area contributed by atoms with Crippen molar-refractivity contribution in [1.29, 1.82) is 0 Å². The smallest absolute Gasteiger partial charge is 0.352 e. The van der Waals surface area contributed by atoms with Crippen molar-refractivity contribution < 1.29 is 9.66 Å². The lowest BCUT2D eigenvalue weighted by atomic mass is 10.3. The number of rotatable bonds is 4. The van der Waals surface area contributed by atoms with Gasteiger partial charge in [-0.3, -0.25) is 20.5 Å². The average Bonchev–Trinajstić information content (AvgIpc) is 2.40. The average molecular weight is 276 g/mol. The maximum Gasteiger partial charge on any atom is 0.352 e. The van der Waals surface area contributed by atoms with Crippen molar-refractivity contribution >= 4 is 11.6 Å². The Morgan fingerprint density at radius 3 is 2.70 bits per heavy atom. The second-order valence-electron chi connectivity index (χ2n) is 3.88. The molecule has 2 aromatic rings. The van der Waals surface area contributed by atoms with Crippen molar-refractivity contribution in [2.75, 3.05) is 5.43 Å². The molecule has 0 aromatic carbocycles. The predicted octanol–water partition coefficient (Wildman–Crippen LogP) is 1.47. The first-order valence-electron chi connectivity index (χ1n) is 5.62. The molecule has 0 spiro atoms. The van der Waals surface area contributed by atoms with E-state index in [-0.39, 0.29) is 23.2 Å². The molecule has 0 fully saturated rings. The van der Waals surface area contributed by atoms with Gasteiger partial charge in [0.05, 0.1) is 10.6 Å². The Hall–Kier alpha value is -2.81. The van der Waals surface area contributed by atoms with Crippen molar-refractivity contribution in [3.8, 4) is 11.6 Å². The summed E-state index contributed by atoms with van der Waals surface area (Å²) in [6.45, 7) is 3.20. The lowest BCUT2D eigenvalue weighted by molar-refractivity contribution is -0.386. The Morgan fingerprint density at radius 1 is 1.35 bits per heavy atom. The number of aryl methyl sites for hydroxylation is 2. The SMILES string of the molecule is Cc1ncccc1Oc1nc(NN)nc(C)c1[N+](=O)[O-]. The topological polar surface area (TPSA) is 129 Å². The van der Waals surface area contributed by atoms with Crippen LogP contribution < -0.4 is 16.0 Å². The molecule has 2 rings (SSSR count). The summed E-state index contributed by atoms with van der Waals surface area (Å²) >= 11 is 0. The van der Waals surface area contributed by atoms with Crippen LogP contribution in [0.2, 0.25) is 0 Å². The van der Waals surface area contributed by atoms with Crippen molar-refractivity contribution in [2.24, 2.45) is 5.84 Å². The van der Waals surface area contributed by atoms with Gasteiger partial charge in [0, 0.05) is 6.20 Å². The number of aromatic nitrogens is 3. The number of anilines is 1. The van der Waals surface area contributed by atoms with Gasteiger partial charge in [-0.15, -0.1) is 0 Å². The molecule has 0 aliphatic carbocycles. The minimum atomic E-state index is -0.601. The third-order valence-corrected chi connectivity index (χ3v) is 2.50. The molecule has 9 heteroatoms. The summed E-state index contributed by atoms with van der Waals surface area (Å²) in [6.07, 6.45) is 1.59. The molecule has 0 amide bonds. The third kappa shape index (κ3) is 2.62. The Bertz CT molecular complexity index is 661. The van der Waals surface area contributed by atoms with E-state index in [2.05, 4.69) is 20.4 Å². The number of ether oxygens (including phenoxy) is 1. The van der Waals surface area contributed by atoms with E-state index >= 15 is 0 Å². The molecule has 0 bridgehead atoms. The van der Waals surface area contributed by atoms with Crippen molar-refractivity contribution in [3.05, 3.63) is 39.8 Å². The van der Waals surface area contributed by atoms with E-state index in [1.165, 1.54) is 6.92 Å². The molecule has 104 valence electrons. The molecule has 0 aliphatic rings. The molecule has 20 heavy (non-hydrogen) atoms. The lowest BCUT2D eigenvalue weighted by Gasteiger charge is -2.09. The summed E-state index contributed by atoms with van der Waals surface area (Å²) in [6, 6.07) is 3.29. The van der Waals surface area contributed by atoms with E-state index in [9.17, 15) is 10.1 Å². The molecule has 2 heterocycles. The summed E-state index contributed by atoms with van der Waals surface area (Å²) in [5.74, 6) is 5.44. The number of hydrogen-bond acceptors (Lipinski definition) is 8. The minimum absolute atomic E-state index is 0.0321. The van der Waals surface area contributed by atoms with Gasteiger partial charge in [0.2, 0.25) is 5.95 Å². The predicted molar refractivity (Wildman–Crippen MR) is 70.3 cm³/mol. The van der Waals surface area contributed by atoms with Crippen LogP contribution in [0.5, 0.6) is 11.6 Å². The van der Waals surface area contributed by atoms with Crippen LogP contribution in [-0.2, 0) is 0 Å². The van der Waals surface area contributed by atoms with Crippen LogP contribution in [0.4, 0.5) is 11.6 Å². The molecule has 0 saturated carbocycles. The number of hydrazine groups is 1. The standard InChI is InChI=1S/C11H12N6O3/c1-6-8(4-3-5-13-6)20-10-9(17(18)19)7(2)14-11(15-10)16-12/h3-5H,12H2,1-2H3,(H,14,15,16). The number of nitro groups is 1. The van der Waals surface area contributed by atoms with Crippen molar-refractivity contribution in [1.82, 2.24) is 15.0 Å². The Labute approximate surface area is 114 Å². The normalized spacial score (nSPS) is 10.2. The molecular weight excluding hydrogens is 264 g/mol. The van der Waals surface area contributed by atoms with Gasteiger partial charge in [-0.25, -0.2) is 10.8 Å². The first kappa shape index (κ1) is 13.6. The van der Waals surface area contributed by atoms with E-state index in [1.54, 1.807) is 25.3 Å². The fraction of sp³-hybridized carbons (Fsp3) is 0.182. The fourth-order valence-electron chi connectivity index (χ4n) is 1.57. The highest BCUT2D eigenvalue weighted by Gasteiger charge is 2.24. The molecule has 0 radical (unpaired) electrons. The van der Waals surface area contributed by atoms with Crippen LogP contribution >= 0.6 is 0 Å². The largest absolute Gasteiger partial charge is 0.432 e. The first-order chi connectivity index (χ1) is 9.52. The van der Waals surface area contributed by atoms with Gasteiger partial charge in [0.1, 0.15) is 5.69 Å². The van der Waals surface area contributed by atoms with Crippen molar-refractivity contribution in [3.63, 3.8) is 0 Å². The number of nitrogens with one attached hydrogen (secondary N) is 1. The van der Waals surface area contributed by atoms with E-state index < -0.39 is 4.92 Å². The maximum atomic E-state index is 11.1. The molecule has 3 N–H and O–H groups in total. The van der Waals surface area contributed by atoms with Gasteiger partial charge >= 0.3 is 11.6 Å². The Balaban J connectivity index is 2.52. The highest BCUT2D eigenvalue weighted by molar-refractivity contribution is 5.50. The third-order valence-electron chi connectivity index (χ3n) is 2.50. The molecule has 0 unspecified atom stereocenters. The summed E-state index contributed by atoms with van der Waals surface area (Å²) in [4.78, 5) is 22.3. The molecular formula is C11H12N6O3. The van der Waals surface area contributed by atoms with E-state index in [0.29, 0.717) is 11.4 Å². The fourth-order valence-corrected chi connectivity index (χ4v) is 1.57. The van der Waals surface area contributed by atoms with Gasteiger partial charge in [-0.1, -0.05) is 0 Å². The second kappa shape index (κ2) is 5.45. The Morgan fingerprint density at radius 2 is 2.10 bits per heavy atom. The lowest BCUT2D eigenvalue weighted by Crippen LogP contribution is -2.13. The van der Waals surface area contributed by atoms with Gasteiger partial charge in [-0.05, 0) is 26.0 Å². The van der Waals surface area contributed by atoms with Gasteiger partial charge in [0.15, 0.2) is 5.75 Å². The summed E-state index contributed by atoms with van der Waals surface area (Å²) in [5, 5.41) is 11.1. The highest BCUT2D eigenvalue weighted by Crippen LogP contribution is 2.32. The molecule has 2 aromatic heterocycles. The van der Waals surface area contributed by atoms with Crippen LogP contribution in [0, 0.1) is 24.0 Å². The zero-order valence-electron chi connectivity index (χ0n) is 10.8. The van der Waals surface area contributed by atoms with E-state index in [4.69, 9.17) is 10.6 Å². The number of nitrogens with zero attached hydrogens (tertiary/aromatic N) is 4. The highest BCUT2D eigenvalue weighted by atomic mass is 16.6. The molecule has 0 atom stereocenters. The number of pyridine rings is 1. The molecule has 0 saturated heterocycles. The van der Waals surface area contributed by atoms with Crippen LogP contribution in [0.1, 0.15) is 11.4 Å². The van der Waals surface area contributed by atoms with Crippen LogP contribution in [0.3, 0.4) is 0 Å². The van der Waals surface area contributed by atoms with Gasteiger partial charge < -0.3 is 4.74 Å². The van der Waals surface area contributed by atoms with Crippen molar-refractivity contribution in [2.45, 2.75) is 13.8 Å². The van der Waals surface area contributed by atoms with E-state index in [0.717, 1.165) is 0 Å². The minimum Gasteiger partial charge on any atom is -0.432 e. The van der Waals surface area contributed by atoms with Crippen LogP contribution in [-0.4, -0.2) is 19.9 Å². The molecule has 9 nitrogen and oxygen atoms in total. The zero-order chi connectivity index (χ0) is 14.7. The zero-order valence-corrected chi connectivity index (χ0v) is 10.8. The second-order valence-corrected chi connectivity index (χ2v) is 3.88. The quantitative estimate of drug-likeness (QED) is 0.488. The van der Waals surface area contributed by atoms with Crippen LogP contribution in [0.25, 0.3) is 0 Å². The monoisotopic (exact) mass is 276 g/mol. The Kier molecular flexibility index (Phi) is 3.71. The van der Waals surface area contributed by atoms with Crippen LogP contribution in [0.15, 0.2) is 18.3 Å². The first-order valence-corrected chi connectivity index (χ1v) is 5.62. The number of nitrogens with two attached hydrogens (primary N) is 1. The number of nitrogen functional groups attached to an aromatic ring is 1. The summed E-state index contributed by atoms with van der Waals surface area (Å²) < 4.78 is 5.47.